The van der Waals surface area contributed by atoms with Crippen molar-refractivity contribution in [3.8, 4) is 5.88 Å². The lowest BCUT2D eigenvalue weighted by Crippen LogP contribution is -2.35. The van der Waals surface area contributed by atoms with E-state index in [1.54, 1.807) is 6.07 Å². The van der Waals surface area contributed by atoms with E-state index in [1.165, 1.54) is 25.4 Å². The number of fused-ring (bicyclic) bond motifs is 1. The molecule has 0 spiro atoms. The van der Waals surface area contributed by atoms with E-state index < -0.39 is 19.1 Å². The van der Waals surface area contributed by atoms with Gasteiger partial charge < -0.3 is 29.6 Å². The summed E-state index contributed by atoms with van der Waals surface area (Å²) in [6.07, 6.45) is 3.29. The largest absolute Gasteiger partial charge is 0.480 e. The van der Waals surface area contributed by atoms with Gasteiger partial charge in [-0.1, -0.05) is 0 Å². The van der Waals surface area contributed by atoms with Gasteiger partial charge in [0.1, 0.15) is 11.2 Å². The summed E-state index contributed by atoms with van der Waals surface area (Å²) in [5.74, 6) is 0.0537. The van der Waals surface area contributed by atoms with Gasteiger partial charge in [-0.15, -0.1) is 0 Å². The molecule has 33 heavy (non-hydrogen) atoms. The van der Waals surface area contributed by atoms with Crippen LogP contribution in [0.4, 0.5) is 11.7 Å². The maximum Gasteiger partial charge on any atom is 0.325 e. The van der Waals surface area contributed by atoms with Gasteiger partial charge in [-0.2, -0.15) is 14.8 Å². The number of rotatable bonds is 6. The number of nitrogen functional groups attached to an aromatic ring is 1. The Bertz CT molecular complexity index is 1290. The van der Waals surface area contributed by atoms with E-state index in [0.717, 1.165) is 12.8 Å². The minimum Gasteiger partial charge on any atom is -0.480 e. The molecule has 0 radical (unpaired) electrons. The van der Waals surface area contributed by atoms with Crippen LogP contribution in [0.2, 0.25) is 0 Å². The van der Waals surface area contributed by atoms with E-state index >= 15 is 0 Å². The molecule has 176 valence electrons. The number of hydrogen-bond acceptors (Lipinski definition) is 9. The molecular formula is C20H24N5O7P. The molecule has 3 aromatic heterocycles. The molecule has 0 bridgehead atoms. The highest BCUT2D eigenvalue weighted by molar-refractivity contribution is 7.51. The number of nitrogens with two attached hydrogens (primary N) is 1. The Hall–Kier alpha value is -3.21. The monoisotopic (exact) mass is 477 g/mol. The number of carbonyl (C=O) groups is 1. The average Bonchev–Trinajstić information content (AvgIpc) is 3.23. The number of ether oxygens (including phenoxy) is 1. The molecule has 13 heteroatoms. The van der Waals surface area contributed by atoms with Gasteiger partial charge in [0, 0.05) is 24.5 Å². The molecule has 1 fully saturated rings. The van der Waals surface area contributed by atoms with Crippen LogP contribution < -0.4 is 20.9 Å². The van der Waals surface area contributed by atoms with E-state index in [-0.39, 0.29) is 35.0 Å². The van der Waals surface area contributed by atoms with Crippen molar-refractivity contribution in [1.82, 2.24) is 14.8 Å². The summed E-state index contributed by atoms with van der Waals surface area (Å²) >= 11 is 0. The molecule has 0 saturated carbocycles. The number of hydrogen-bond donors (Lipinski definition) is 3. The number of piperidine rings is 1. The number of aromatic nitrogens is 3. The predicted octanol–water partition coefficient (Wildman–Crippen LogP) is 1.45. The highest BCUT2D eigenvalue weighted by atomic mass is 31.2. The van der Waals surface area contributed by atoms with Gasteiger partial charge in [-0.3, -0.25) is 14.2 Å². The first kappa shape index (κ1) is 23.0. The average molecular weight is 477 g/mol. The number of methoxy groups -OCH3 is 1. The van der Waals surface area contributed by atoms with E-state index in [4.69, 9.17) is 24.7 Å². The van der Waals surface area contributed by atoms with E-state index in [1.807, 2.05) is 4.90 Å². The quantitative estimate of drug-likeness (QED) is 0.438. The molecule has 0 aromatic carbocycles. The summed E-state index contributed by atoms with van der Waals surface area (Å²) in [5, 5.41) is 4.57. The van der Waals surface area contributed by atoms with Gasteiger partial charge in [0.25, 0.3) is 5.56 Å². The summed E-state index contributed by atoms with van der Waals surface area (Å²) in [5.41, 5.74) is 4.81. The van der Waals surface area contributed by atoms with Crippen molar-refractivity contribution in [1.29, 1.82) is 0 Å². The van der Waals surface area contributed by atoms with Crippen LogP contribution in [0.5, 0.6) is 5.88 Å². The standard InChI is InChI=1S/C20H24N5O7P/c1-31-18-17-13(11-22-25(20(17)27)19(26)14-2-3-15(21)32-14)10-16(23-18)24-7-4-12(5-8-24)6-9-33(28,29)30/h2-3,10-12H,4-9,21H2,1H3,(H2,28,29,30). The van der Waals surface area contributed by atoms with Gasteiger partial charge in [0.05, 0.1) is 19.5 Å². The maximum atomic E-state index is 13.0. The Kier molecular flexibility index (Phi) is 6.24. The Morgan fingerprint density at radius 3 is 2.67 bits per heavy atom. The van der Waals surface area contributed by atoms with Gasteiger partial charge in [0.15, 0.2) is 11.6 Å². The van der Waals surface area contributed by atoms with Crippen LogP contribution in [0.25, 0.3) is 10.8 Å². The first-order chi connectivity index (χ1) is 15.7. The second kappa shape index (κ2) is 8.97. The van der Waals surface area contributed by atoms with Crippen LogP contribution in [0.3, 0.4) is 0 Å². The van der Waals surface area contributed by atoms with Crippen LogP contribution in [-0.2, 0) is 4.57 Å². The molecule has 1 saturated heterocycles. The lowest BCUT2D eigenvalue weighted by Gasteiger charge is -2.33. The molecule has 0 unspecified atom stereocenters. The molecule has 4 heterocycles. The van der Waals surface area contributed by atoms with E-state index in [9.17, 15) is 14.2 Å². The fourth-order valence-corrected chi connectivity index (χ4v) is 4.65. The predicted molar refractivity (Wildman–Crippen MR) is 120 cm³/mol. The van der Waals surface area contributed by atoms with Gasteiger partial charge in [-0.05, 0) is 37.3 Å². The van der Waals surface area contributed by atoms with Crippen molar-refractivity contribution >= 4 is 36.0 Å². The fraction of sp³-hybridized carbons (Fsp3) is 0.400. The smallest absolute Gasteiger partial charge is 0.325 e. The lowest BCUT2D eigenvalue weighted by atomic mass is 9.94. The fourth-order valence-electron chi connectivity index (χ4n) is 3.95. The number of nitrogens with zero attached hydrogens (tertiary/aromatic N) is 4. The Labute approximate surface area is 188 Å². The summed E-state index contributed by atoms with van der Waals surface area (Å²) in [6.45, 7) is 1.30. The normalized spacial score (nSPS) is 15.2. The Balaban J connectivity index is 1.59. The summed E-state index contributed by atoms with van der Waals surface area (Å²) in [6, 6.07) is 4.48. The van der Waals surface area contributed by atoms with Crippen LogP contribution in [-0.4, -0.2) is 56.8 Å². The van der Waals surface area contributed by atoms with Crippen molar-refractivity contribution in [3.05, 3.63) is 40.5 Å². The molecule has 4 rings (SSSR count). The SMILES string of the molecule is COc1nc(N2CCC(CCP(=O)(O)O)CC2)cc2cnn(C(=O)c3ccc(N)o3)c(=O)c12. The highest BCUT2D eigenvalue weighted by Crippen LogP contribution is 2.38. The zero-order chi connectivity index (χ0) is 23.8. The van der Waals surface area contributed by atoms with Crippen molar-refractivity contribution in [3.63, 3.8) is 0 Å². The van der Waals surface area contributed by atoms with Gasteiger partial charge in [0.2, 0.25) is 5.88 Å². The minimum atomic E-state index is -4.00. The van der Waals surface area contributed by atoms with Crippen LogP contribution in [0.1, 0.15) is 29.8 Å². The number of anilines is 2. The molecule has 3 aromatic rings. The van der Waals surface area contributed by atoms with Crippen LogP contribution in [0, 0.1) is 5.92 Å². The third-order valence-corrected chi connectivity index (χ3v) is 6.55. The van der Waals surface area contributed by atoms with E-state index in [2.05, 4.69) is 10.1 Å². The van der Waals surface area contributed by atoms with E-state index in [0.29, 0.717) is 35.4 Å². The van der Waals surface area contributed by atoms with Crippen LogP contribution >= 0.6 is 7.60 Å². The molecule has 0 aliphatic carbocycles. The zero-order valence-corrected chi connectivity index (χ0v) is 18.8. The summed E-state index contributed by atoms with van der Waals surface area (Å²) < 4.78 is 22.3. The topological polar surface area (TPSA) is 174 Å². The van der Waals surface area contributed by atoms with Crippen molar-refractivity contribution < 1.29 is 28.3 Å². The molecule has 12 nitrogen and oxygen atoms in total. The first-order valence-electron chi connectivity index (χ1n) is 10.3. The second-order valence-corrected chi connectivity index (χ2v) is 9.71. The number of furan rings is 1. The highest BCUT2D eigenvalue weighted by Gasteiger charge is 2.25. The Morgan fingerprint density at radius 2 is 2.06 bits per heavy atom. The molecular weight excluding hydrogens is 453 g/mol. The first-order valence-corrected chi connectivity index (χ1v) is 12.1. The molecule has 0 atom stereocenters. The molecule has 4 N–H and O–H groups in total. The summed E-state index contributed by atoms with van der Waals surface area (Å²) in [7, 11) is -2.61. The second-order valence-electron chi connectivity index (χ2n) is 7.93. The van der Waals surface area contributed by atoms with Crippen molar-refractivity contribution in [2.75, 3.05) is 37.0 Å². The summed E-state index contributed by atoms with van der Waals surface area (Å²) in [4.78, 5) is 50.3. The molecule has 1 aliphatic heterocycles. The third-order valence-electron chi connectivity index (χ3n) is 5.71. The minimum absolute atomic E-state index is 0.0431. The lowest BCUT2D eigenvalue weighted by molar-refractivity contribution is 0.0912. The number of pyridine rings is 1. The van der Waals surface area contributed by atoms with Gasteiger partial charge in [-0.25, -0.2) is 0 Å². The van der Waals surface area contributed by atoms with Crippen LogP contribution in [0.15, 0.2) is 33.6 Å². The van der Waals surface area contributed by atoms with Crippen molar-refractivity contribution in [2.24, 2.45) is 5.92 Å². The third kappa shape index (κ3) is 4.92. The Morgan fingerprint density at radius 1 is 1.33 bits per heavy atom. The molecule has 0 amide bonds. The molecule has 1 aliphatic rings. The van der Waals surface area contributed by atoms with Crippen molar-refractivity contribution in [2.45, 2.75) is 19.3 Å². The van der Waals surface area contributed by atoms with Gasteiger partial charge >= 0.3 is 13.5 Å². The maximum absolute atomic E-state index is 13.0. The number of carbonyl (C=O) groups excluding carboxylic acids is 1. The zero-order valence-electron chi connectivity index (χ0n) is 17.9.